The zero-order valence-electron chi connectivity index (χ0n) is 11.9. The Morgan fingerprint density at radius 1 is 1.30 bits per heavy atom. The van der Waals surface area contributed by atoms with Crippen LogP contribution in [0.25, 0.3) is 0 Å². The van der Waals surface area contributed by atoms with Crippen LogP contribution in [-0.2, 0) is 9.59 Å². The molecule has 3 N–H and O–H groups in total. The van der Waals surface area contributed by atoms with E-state index in [2.05, 4.69) is 26.6 Å². The van der Waals surface area contributed by atoms with Crippen LogP contribution in [0.3, 0.4) is 0 Å². The molecule has 2 rings (SSSR count). The number of hydrogen-bond acceptors (Lipinski definition) is 3. The van der Waals surface area contributed by atoms with Crippen molar-refractivity contribution in [2.75, 3.05) is 11.9 Å². The van der Waals surface area contributed by atoms with Crippen molar-refractivity contribution in [1.82, 2.24) is 5.32 Å². The van der Waals surface area contributed by atoms with Crippen molar-refractivity contribution in [3.8, 4) is 0 Å². The number of aliphatic carboxylic acids is 1. The summed E-state index contributed by atoms with van der Waals surface area (Å²) in [5.74, 6) is -1.74. The fourth-order valence-corrected chi connectivity index (χ4v) is 2.76. The number of benzene rings is 1. The molecule has 0 aromatic heterocycles. The number of carbonyl (C=O) groups excluding carboxylic acids is 2. The highest BCUT2D eigenvalue weighted by atomic mass is 79.9. The minimum absolute atomic E-state index is 0.210. The van der Waals surface area contributed by atoms with Gasteiger partial charge in [-0.15, -0.1) is 0 Å². The summed E-state index contributed by atoms with van der Waals surface area (Å²) < 4.78 is 0.429. The minimum Gasteiger partial charge on any atom is -0.478 e. The van der Waals surface area contributed by atoms with E-state index in [0.29, 0.717) is 28.0 Å². The summed E-state index contributed by atoms with van der Waals surface area (Å²) in [5.41, 5.74) is 0.449. The predicted molar refractivity (Wildman–Crippen MR) is 89.6 cm³/mol. The summed E-state index contributed by atoms with van der Waals surface area (Å²) >= 11 is 9.21. The molecule has 0 saturated heterocycles. The quantitative estimate of drug-likeness (QED) is 0.639. The number of halogens is 2. The molecule has 0 bridgehead atoms. The second kappa shape index (κ2) is 7.61. The van der Waals surface area contributed by atoms with Crippen molar-refractivity contribution in [1.29, 1.82) is 0 Å². The van der Waals surface area contributed by atoms with Crippen LogP contribution in [0, 0.1) is 5.92 Å². The van der Waals surface area contributed by atoms with Crippen LogP contribution in [0.2, 0.25) is 5.02 Å². The van der Waals surface area contributed by atoms with Crippen molar-refractivity contribution >= 4 is 51.0 Å². The Hall–Kier alpha value is -1.86. The van der Waals surface area contributed by atoms with Gasteiger partial charge in [-0.3, -0.25) is 9.59 Å². The molecular formula is C15H14BrClN2O4. The SMILES string of the molecule is O=C(O)/C=C/C(=O)Nc1c(Br)cc(Cl)cc1C(=O)NCC1CC1. The van der Waals surface area contributed by atoms with E-state index in [1.807, 2.05) is 0 Å². The molecule has 1 aliphatic carbocycles. The summed E-state index contributed by atoms with van der Waals surface area (Å²) in [6.45, 7) is 0.579. The monoisotopic (exact) mass is 400 g/mol. The Balaban J connectivity index is 2.20. The molecule has 0 atom stereocenters. The van der Waals surface area contributed by atoms with Crippen molar-refractivity contribution in [3.05, 3.63) is 39.3 Å². The molecule has 6 nitrogen and oxygen atoms in total. The van der Waals surface area contributed by atoms with Gasteiger partial charge in [-0.1, -0.05) is 11.6 Å². The van der Waals surface area contributed by atoms with Gasteiger partial charge in [0.1, 0.15) is 0 Å². The highest BCUT2D eigenvalue weighted by Gasteiger charge is 2.23. The molecule has 0 spiro atoms. The smallest absolute Gasteiger partial charge is 0.328 e. The van der Waals surface area contributed by atoms with E-state index >= 15 is 0 Å². The summed E-state index contributed by atoms with van der Waals surface area (Å²) in [4.78, 5) is 34.5. The maximum absolute atomic E-state index is 12.3. The summed E-state index contributed by atoms with van der Waals surface area (Å²) in [7, 11) is 0. The van der Waals surface area contributed by atoms with Crippen molar-refractivity contribution < 1.29 is 19.5 Å². The van der Waals surface area contributed by atoms with Crippen molar-refractivity contribution in [2.24, 2.45) is 5.92 Å². The molecular weight excluding hydrogens is 388 g/mol. The molecule has 1 aliphatic rings. The van der Waals surface area contributed by atoms with Crippen LogP contribution in [-0.4, -0.2) is 29.4 Å². The first-order valence-corrected chi connectivity index (χ1v) is 8.03. The van der Waals surface area contributed by atoms with Crippen LogP contribution >= 0.6 is 27.5 Å². The summed E-state index contributed by atoms with van der Waals surface area (Å²) in [6, 6.07) is 2.99. The van der Waals surface area contributed by atoms with Crippen molar-refractivity contribution in [2.45, 2.75) is 12.8 Å². The van der Waals surface area contributed by atoms with Gasteiger partial charge < -0.3 is 15.7 Å². The topological polar surface area (TPSA) is 95.5 Å². The van der Waals surface area contributed by atoms with Gasteiger partial charge in [-0.05, 0) is 46.8 Å². The Kier molecular flexibility index (Phi) is 5.79. The summed E-state index contributed by atoms with van der Waals surface area (Å²) in [5, 5.41) is 14.2. The highest BCUT2D eigenvalue weighted by molar-refractivity contribution is 9.10. The zero-order chi connectivity index (χ0) is 17.0. The molecule has 0 aliphatic heterocycles. The lowest BCUT2D eigenvalue weighted by Gasteiger charge is -2.13. The summed E-state index contributed by atoms with van der Waals surface area (Å²) in [6.07, 6.45) is 3.79. The molecule has 2 amide bonds. The lowest BCUT2D eigenvalue weighted by Crippen LogP contribution is -2.27. The number of amides is 2. The van der Waals surface area contributed by atoms with E-state index in [9.17, 15) is 14.4 Å². The fraction of sp³-hybridized carbons (Fsp3) is 0.267. The first-order chi connectivity index (χ1) is 10.9. The van der Waals surface area contributed by atoms with Gasteiger partial charge in [0.05, 0.1) is 11.3 Å². The normalized spacial score (nSPS) is 13.8. The largest absolute Gasteiger partial charge is 0.478 e. The Labute approximate surface area is 146 Å². The zero-order valence-corrected chi connectivity index (χ0v) is 14.3. The van der Waals surface area contributed by atoms with Crippen LogP contribution in [0.1, 0.15) is 23.2 Å². The van der Waals surface area contributed by atoms with Crippen molar-refractivity contribution in [3.63, 3.8) is 0 Å². The average Bonchev–Trinajstić information content (AvgIpc) is 3.29. The molecule has 1 aromatic carbocycles. The highest BCUT2D eigenvalue weighted by Crippen LogP contribution is 2.31. The molecule has 23 heavy (non-hydrogen) atoms. The van der Waals surface area contributed by atoms with E-state index in [4.69, 9.17) is 16.7 Å². The second-order valence-corrected chi connectivity index (χ2v) is 6.42. The van der Waals surface area contributed by atoms with Crippen LogP contribution in [0.5, 0.6) is 0 Å². The molecule has 0 heterocycles. The molecule has 1 aromatic rings. The Morgan fingerprint density at radius 3 is 2.61 bits per heavy atom. The van der Waals surface area contributed by atoms with Crippen LogP contribution in [0.4, 0.5) is 5.69 Å². The first-order valence-electron chi connectivity index (χ1n) is 6.86. The lowest BCUT2D eigenvalue weighted by atomic mass is 10.1. The molecule has 0 unspecified atom stereocenters. The van der Waals surface area contributed by atoms with Gasteiger partial charge in [0.15, 0.2) is 0 Å². The van der Waals surface area contributed by atoms with E-state index < -0.39 is 11.9 Å². The molecule has 122 valence electrons. The van der Waals surface area contributed by atoms with Gasteiger partial charge in [-0.2, -0.15) is 0 Å². The number of carboxylic acids is 1. The molecule has 1 fully saturated rings. The van der Waals surface area contributed by atoms with Gasteiger partial charge in [0.2, 0.25) is 5.91 Å². The fourth-order valence-electron chi connectivity index (χ4n) is 1.85. The predicted octanol–water partition coefficient (Wildman–Crippen LogP) is 2.82. The number of hydrogen-bond donors (Lipinski definition) is 3. The van der Waals surface area contributed by atoms with Gasteiger partial charge >= 0.3 is 5.97 Å². The van der Waals surface area contributed by atoms with Crippen LogP contribution < -0.4 is 10.6 Å². The number of carbonyl (C=O) groups is 3. The standard InChI is InChI=1S/C15H14BrClN2O4/c16-11-6-9(17)5-10(15(23)18-7-8-1-2-8)14(11)19-12(20)3-4-13(21)22/h3-6,8H,1-2,7H2,(H,18,23)(H,19,20)(H,21,22)/b4-3+. The third-order valence-electron chi connectivity index (χ3n) is 3.17. The van der Waals surface area contributed by atoms with Gasteiger partial charge in [-0.25, -0.2) is 4.79 Å². The van der Waals surface area contributed by atoms with E-state index in [1.54, 1.807) is 0 Å². The molecule has 1 saturated carbocycles. The maximum atomic E-state index is 12.3. The molecule has 8 heteroatoms. The van der Waals surface area contributed by atoms with E-state index in [0.717, 1.165) is 18.9 Å². The van der Waals surface area contributed by atoms with Gasteiger partial charge in [0.25, 0.3) is 5.91 Å². The average molecular weight is 402 g/mol. The molecule has 0 radical (unpaired) electrons. The number of nitrogens with one attached hydrogen (secondary N) is 2. The second-order valence-electron chi connectivity index (χ2n) is 5.12. The maximum Gasteiger partial charge on any atom is 0.328 e. The third kappa shape index (κ3) is 5.37. The Bertz CT molecular complexity index is 686. The number of carboxylic acid groups (broad SMARTS) is 1. The van der Waals surface area contributed by atoms with Gasteiger partial charge in [0, 0.05) is 28.2 Å². The number of anilines is 1. The minimum atomic E-state index is -1.24. The van der Waals surface area contributed by atoms with E-state index in [1.165, 1.54) is 12.1 Å². The third-order valence-corrected chi connectivity index (χ3v) is 4.02. The lowest BCUT2D eigenvalue weighted by molar-refractivity contribution is -0.131. The Morgan fingerprint density at radius 2 is 2.00 bits per heavy atom. The van der Waals surface area contributed by atoms with E-state index in [-0.39, 0.29) is 17.2 Å². The number of rotatable bonds is 6. The van der Waals surface area contributed by atoms with Crippen LogP contribution in [0.15, 0.2) is 28.8 Å². The first kappa shape index (κ1) is 17.5.